The van der Waals surface area contributed by atoms with Crippen LogP contribution in [-0.4, -0.2) is 10.2 Å². The van der Waals surface area contributed by atoms with Gasteiger partial charge >= 0.3 is 0 Å². The van der Waals surface area contributed by atoms with Crippen LogP contribution in [0.4, 0.5) is 14.6 Å². The second kappa shape index (κ2) is 4.47. The minimum Gasteiger partial charge on any atom is -0.382 e. The third-order valence-electron chi connectivity index (χ3n) is 2.77. The number of aromatic amines is 1. The Bertz CT molecular complexity index is 720. The predicted octanol–water partition coefficient (Wildman–Crippen LogP) is 3.67. The number of thiophene rings is 1. The van der Waals surface area contributed by atoms with E-state index in [9.17, 15) is 8.78 Å². The van der Waals surface area contributed by atoms with Crippen molar-refractivity contribution in [2.24, 2.45) is 0 Å². The summed E-state index contributed by atoms with van der Waals surface area (Å²) in [6, 6.07) is 7.48. The summed E-state index contributed by atoms with van der Waals surface area (Å²) in [5, 5.41) is 8.63. The monoisotopic (exact) mass is 277 g/mol. The summed E-state index contributed by atoms with van der Waals surface area (Å²) >= 11 is 1.50. The second-order valence-corrected chi connectivity index (χ2v) is 4.91. The van der Waals surface area contributed by atoms with Crippen molar-refractivity contribution < 1.29 is 8.78 Å². The maximum atomic E-state index is 13.3. The molecule has 0 saturated carbocycles. The molecule has 0 aliphatic rings. The zero-order valence-corrected chi connectivity index (χ0v) is 10.5. The van der Waals surface area contributed by atoms with Crippen LogP contribution in [0.3, 0.4) is 0 Å². The SMILES string of the molecule is Nc1n[nH]c(-c2ccc(F)c(F)c2)c1-c1cccs1. The maximum Gasteiger partial charge on any atom is 0.159 e. The van der Waals surface area contributed by atoms with Gasteiger partial charge in [0, 0.05) is 10.4 Å². The van der Waals surface area contributed by atoms with Gasteiger partial charge in [-0.2, -0.15) is 5.10 Å². The topological polar surface area (TPSA) is 54.7 Å². The lowest BCUT2D eigenvalue weighted by atomic mass is 10.1. The Morgan fingerprint density at radius 3 is 2.68 bits per heavy atom. The van der Waals surface area contributed by atoms with Crippen LogP contribution in [0, 0.1) is 11.6 Å². The van der Waals surface area contributed by atoms with Crippen LogP contribution < -0.4 is 5.73 Å². The van der Waals surface area contributed by atoms with Crippen LogP contribution in [0.2, 0.25) is 0 Å². The molecular weight excluding hydrogens is 268 g/mol. The van der Waals surface area contributed by atoms with E-state index in [4.69, 9.17) is 5.73 Å². The van der Waals surface area contributed by atoms with E-state index in [-0.39, 0.29) is 0 Å². The van der Waals surface area contributed by atoms with Crippen LogP contribution in [0.1, 0.15) is 0 Å². The zero-order valence-electron chi connectivity index (χ0n) is 9.65. The molecule has 3 rings (SSSR count). The van der Waals surface area contributed by atoms with Gasteiger partial charge in [0.25, 0.3) is 0 Å². The normalized spacial score (nSPS) is 10.8. The number of anilines is 1. The van der Waals surface area contributed by atoms with Crippen molar-refractivity contribution in [3.05, 3.63) is 47.3 Å². The third kappa shape index (κ3) is 2.00. The van der Waals surface area contributed by atoms with Crippen LogP contribution in [0.5, 0.6) is 0 Å². The molecule has 0 radical (unpaired) electrons. The molecule has 0 fully saturated rings. The van der Waals surface area contributed by atoms with E-state index in [1.54, 1.807) is 0 Å². The molecule has 0 atom stereocenters. The smallest absolute Gasteiger partial charge is 0.159 e. The van der Waals surface area contributed by atoms with Gasteiger partial charge in [-0.1, -0.05) is 6.07 Å². The molecular formula is C13H9F2N3S. The number of benzene rings is 1. The summed E-state index contributed by atoms with van der Waals surface area (Å²) in [6.45, 7) is 0. The van der Waals surface area contributed by atoms with Gasteiger partial charge in [0.05, 0.1) is 11.3 Å². The summed E-state index contributed by atoms with van der Waals surface area (Å²) < 4.78 is 26.3. The number of rotatable bonds is 2. The van der Waals surface area contributed by atoms with Gasteiger partial charge in [-0.3, -0.25) is 5.10 Å². The number of hydrogen-bond donors (Lipinski definition) is 2. The third-order valence-corrected chi connectivity index (χ3v) is 3.66. The van der Waals surface area contributed by atoms with E-state index in [0.717, 1.165) is 17.0 Å². The van der Waals surface area contributed by atoms with Gasteiger partial charge in [-0.05, 0) is 29.6 Å². The van der Waals surface area contributed by atoms with Gasteiger partial charge < -0.3 is 5.73 Å². The van der Waals surface area contributed by atoms with Crippen molar-refractivity contribution in [1.82, 2.24) is 10.2 Å². The lowest BCUT2D eigenvalue weighted by molar-refractivity contribution is 0.509. The van der Waals surface area contributed by atoms with Crippen molar-refractivity contribution in [1.29, 1.82) is 0 Å². The summed E-state index contributed by atoms with van der Waals surface area (Å²) in [5.41, 5.74) is 7.63. The molecule has 0 aliphatic carbocycles. The number of aromatic nitrogens is 2. The van der Waals surface area contributed by atoms with Crippen LogP contribution >= 0.6 is 11.3 Å². The number of nitrogens with two attached hydrogens (primary N) is 1. The molecule has 96 valence electrons. The summed E-state index contributed by atoms with van der Waals surface area (Å²) in [4.78, 5) is 0.922. The fourth-order valence-electron chi connectivity index (χ4n) is 1.89. The van der Waals surface area contributed by atoms with Gasteiger partial charge in [0.2, 0.25) is 0 Å². The standard InChI is InChI=1S/C13H9F2N3S/c14-8-4-3-7(6-9(8)15)12-11(13(16)18-17-12)10-2-1-5-19-10/h1-6H,(H3,16,17,18). The molecule has 2 heterocycles. The molecule has 0 bridgehead atoms. The number of nitrogens with one attached hydrogen (secondary N) is 1. The first-order valence-electron chi connectivity index (χ1n) is 5.50. The summed E-state index contributed by atoms with van der Waals surface area (Å²) in [6.07, 6.45) is 0. The highest BCUT2D eigenvalue weighted by atomic mass is 32.1. The van der Waals surface area contributed by atoms with Crippen molar-refractivity contribution in [3.63, 3.8) is 0 Å². The van der Waals surface area contributed by atoms with Crippen molar-refractivity contribution in [2.75, 3.05) is 5.73 Å². The van der Waals surface area contributed by atoms with E-state index < -0.39 is 11.6 Å². The Morgan fingerprint density at radius 1 is 1.16 bits per heavy atom. The molecule has 0 spiro atoms. The van der Waals surface area contributed by atoms with E-state index in [1.807, 2.05) is 17.5 Å². The first kappa shape index (κ1) is 11.9. The van der Waals surface area contributed by atoms with Crippen LogP contribution in [0.25, 0.3) is 21.7 Å². The number of H-pyrrole nitrogens is 1. The Labute approximate surface area is 111 Å². The molecule has 3 aromatic rings. The molecule has 3 nitrogen and oxygen atoms in total. The summed E-state index contributed by atoms with van der Waals surface area (Å²) in [5.74, 6) is -1.45. The van der Waals surface area contributed by atoms with Crippen LogP contribution in [-0.2, 0) is 0 Å². The first-order chi connectivity index (χ1) is 9.16. The summed E-state index contributed by atoms with van der Waals surface area (Å²) in [7, 11) is 0. The van der Waals surface area contributed by atoms with Gasteiger partial charge in [-0.25, -0.2) is 8.78 Å². The van der Waals surface area contributed by atoms with Crippen LogP contribution in [0.15, 0.2) is 35.7 Å². The van der Waals surface area contributed by atoms with Crippen molar-refractivity contribution in [3.8, 4) is 21.7 Å². The molecule has 0 amide bonds. The minimum absolute atomic E-state index is 0.335. The van der Waals surface area contributed by atoms with Crippen molar-refractivity contribution in [2.45, 2.75) is 0 Å². The molecule has 6 heteroatoms. The average Bonchev–Trinajstić information content (AvgIpc) is 3.01. The van der Waals surface area contributed by atoms with Crippen molar-refractivity contribution >= 4 is 17.2 Å². The quantitative estimate of drug-likeness (QED) is 0.751. The average molecular weight is 277 g/mol. The Hall–Kier alpha value is -2.21. The highest BCUT2D eigenvalue weighted by Crippen LogP contribution is 2.37. The van der Waals surface area contributed by atoms with Gasteiger partial charge in [0.15, 0.2) is 17.5 Å². The Kier molecular flexibility index (Phi) is 2.79. The first-order valence-corrected chi connectivity index (χ1v) is 6.38. The number of nitrogen functional groups attached to an aromatic ring is 1. The largest absolute Gasteiger partial charge is 0.382 e. The second-order valence-electron chi connectivity index (χ2n) is 3.97. The number of nitrogens with zero attached hydrogens (tertiary/aromatic N) is 1. The predicted molar refractivity (Wildman–Crippen MR) is 71.7 cm³/mol. The molecule has 1 aromatic carbocycles. The maximum absolute atomic E-state index is 13.3. The molecule has 0 saturated heterocycles. The lowest BCUT2D eigenvalue weighted by Crippen LogP contribution is -1.88. The molecule has 19 heavy (non-hydrogen) atoms. The van der Waals surface area contributed by atoms with Gasteiger partial charge in [-0.15, -0.1) is 11.3 Å². The Morgan fingerprint density at radius 2 is 2.00 bits per heavy atom. The molecule has 3 N–H and O–H groups in total. The molecule has 0 unspecified atom stereocenters. The highest BCUT2D eigenvalue weighted by Gasteiger charge is 2.16. The van der Waals surface area contributed by atoms with E-state index in [2.05, 4.69) is 10.2 Å². The van der Waals surface area contributed by atoms with Gasteiger partial charge in [0.1, 0.15) is 0 Å². The zero-order chi connectivity index (χ0) is 13.4. The fourth-order valence-corrected chi connectivity index (χ4v) is 2.67. The Balaban J connectivity index is 2.18. The highest BCUT2D eigenvalue weighted by molar-refractivity contribution is 7.13. The van der Waals surface area contributed by atoms with E-state index in [0.29, 0.717) is 22.6 Å². The molecule has 2 aromatic heterocycles. The minimum atomic E-state index is -0.900. The molecule has 0 aliphatic heterocycles. The lowest BCUT2D eigenvalue weighted by Gasteiger charge is -2.03. The number of halogens is 2. The fraction of sp³-hybridized carbons (Fsp3) is 0. The number of hydrogen-bond acceptors (Lipinski definition) is 3. The van der Waals surface area contributed by atoms with E-state index >= 15 is 0 Å². The van der Waals surface area contributed by atoms with E-state index in [1.165, 1.54) is 17.4 Å².